The van der Waals surface area contributed by atoms with E-state index in [1.165, 1.54) is 18.9 Å². The Hall–Kier alpha value is -1.56. The number of rotatable bonds is 4. The number of hydrogen-bond donors (Lipinski definition) is 0. The second-order valence-corrected chi connectivity index (χ2v) is 4.40. The molecule has 0 unspecified atom stereocenters. The number of halogens is 1. The Kier molecular flexibility index (Phi) is 3.09. The van der Waals surface area contributed by atoms with E-state index in [4.69, 9.17) is 5.26 Å². The molecule has 1 aromatic rings. The fraction of sp³-hybridized carbons (Fsp3) is 0.462. The minimum absolute atomic E-state index is 0.154. The molecule has 2 nitrogen and oxygen atoms in total. The van der Waals surface area contributed by atoms with Crippen LogP contribution in [-0.2, 0) is 0 Å². The highest BCUT2D eigenvalue weighted by atomic mass is 19.1. The van der Waals surface area contributed by atoms with Gasteiger partial charge >= 0.3 is 0 Å². The molecule has 0 aromatic heterocycles. The van der Waals surface area contributed by atoms with Crippen molar-refractivity contribution in [1.29, 1.82) is 5.26 Å². The zero-order valence-electron chi connectivity index (χ0n) is 9.41. The predicted molar refractivity (Wildman–Crippen MR) is 61.7 cm³/mol. The maximum atomic E-state index is 13.4. The van der Waals surface area contributed by atoms with Crippen molar-refractivity contribution in [2.24, 2.45) is 5.92 Å². The molecule has 0 bridgehead atoms. The molecule has 0 radical (unpaired) electrons. The van der Waals surface area contributed by atoms with Gasteiger partial charge in [0.2, 0.25) is 0 Å². The SMILES string of the molecule is CN(CCC1CC1)c1cccc(F)c1C#N. The predicted octanol–water partition coefficient (Wildman–Crippen LogP) is 2.93. The number of anilines is 1. The summed E-state index contributed by atoms with van der Waals surface area (Å²) in [6.45, 7) is 0.892. The van der Waals surface area contributed by atoms with Crippen LogP contribution in [0.2, 0.25) is 0 Å². The van der Waals surface area contributed by atoms with Gasteiger partial charge < -0.3 is 4.90 Å². The van der Waals surface area contributed by atoms with Gasteiger partial charge in [-0.05, 0) is 24.5 Å². The third-order valence-corrected chi connectivity index (χ3v) is 3.08. The highest BCUT2D eigenvalue weighted by molar-refractivity contribution is 5.59. The molecule has 1 saturated carbocycles. The van der Waals surface area contributed by atoms with Crippen molar-refractivity contribution < 1.29 is 4.39 Å². The standard InChI is InChI=1S/C13H15FN2/c1-16(8-7-10-5-6-10)13-4-2-3-12(14)11(13)9-15/h2-4,10H,5-8H2,1H3. The molecule has 1 aliphatic rings. The Bertz CT molecular complexity index is 418. The summed E-state index contributed by atoms with van der Waals surface area (Å²) in [4.78, 5) is 1.97. The van der Waals surface area contributed by atoms with Crippen molar-refractivity contribution in [1.82, 2.24) is 0 Å². The van der Waals surface area contributed by atoms with Gasteiger partial charge in [-0.3, -0.25) is 0 Å². The molecule has 0 heterocycles. The van der Waals surface area contributed by atoms with E-state index >= 15 is 0 Å². The average molecular weight is 218 g/mol. The quantitative estimate of drug-likeness (QED) is 0.777. The van der Waals surface area contributed by atoms with E-state index in [0.29, 0.717) is 5.69 Å². The first kappa shape index (κ1) is 10.9. The Morgan fingerprint density at radius 3 is 2.88 bits per heavy atom. The molecule has 16 heavy (non-hydrogen) atoms. The van der Waals surface area contributed by atoms with E-state index in [-0.39, 0.29) is 5.56 Å². The molecule has 0 N–H and O–H groups in total. The van der Waals surface area contributed by atoms with Crippen LogP contribution in [0.15, 0.2) is 18.2 Å². The molecule has 0 atom stereocenters. The van der Waals surface area contributed by atoms with E-state index in [9.17, 15) is 4.39 Å². The third kappa shape index (κ3) is 2.33. The van der Waals surface area contributed by atoms with Gasteiger partial charge in [0.05, 0.1) is 5.69 Å². The summed E-state index contributed by atoms with van der Waals surface area (Å²) < 4.78 is 13.4. The summed E-state index contributed by atoms with van der Waals surface area (Å²) in [5.41, 5.74) is 0.851. The summed E-state index contributed by atoms with van der Waals surface area (Å²) in [6.07, 6.45) is 3.78. The number of hydrogen-bond acceptors (Lipinski definition) is 2. The van der Waals surface area contributed by atoms with Crippen molar-refractivity contribution in [3.8, 4) is 6.07 Å². The van der Waals surface area contributed by atoms with E-state index in [2.05, 4.69) is 0 Å². The lowest BCUT2D eigenvalue weighted by atomic mass is 10.1. The smallest absolute Gasteiger partial charge is 0.143 e. The minimum Gasteiger partial charge on any atom is -0.373 e. The topological polar surface area (TPSA) is 27.0 Å². The molecular weight excluding hydrogens is 203 g/mol. The van der Waals surface area contributed by atoms with Gasteiger partial charge in [0.15, 0.2) is 0 Å². The van der Waals surface area contributed by atoms with Crippen molar-refractivity contribution >= 4 is 5.69 Å². The second-order valence-electron chi connectivity index (χ2n) is 4.40. The molecule has 1 aliphatic carbocycles. The normalized spacial score (nSPS) is 14.6. The zero-order valence-corrected chi connectivity index (χ0v) is 9.41. The Morgan fingerprint density at radius 2 is 2.25 bits per heavy atom. The van der Waals surface area contributed by atoms with Crippen LogP contribution >= 0.6 is 0 Å². The molecule has 3 heteroatoms. The van der Waals surface area contributed by atoms with Crippen LogP contribution in [0.25, 0.3) is 0 Å². The minimum atomic E-state index is -0.432. The summed E-state index contributed by atoms with van der Waals surface area (Å²) in [7, 11) is 1.91. The molecule has 0 aliphatic heterocycles. The van der Waals surface area contributed by atoms with Crippen molar-refractivity contribution in [2.45, 2.75) is 19.3 Å². The second kappa shape index (κ2) is 4.52. The van der Waals surface area contributed by atoms with Gasteiger partial charge in [-0.25, -0.2) is 4.39 Å². The first-order chi connectivity index (χ1) is 7.72. The first-order valence-electron chi connectivity index (χ1n) is 5.62. The van der Waals surface area contributed by atoms with Crippen molar-refractivity contribution in [3.05, 3.63) is 29.6 Å². The molecule has 2 rings (SSSR count). The Morgan fingerprint density at radius 1 is 1.50 bits per heavy atom. The lowest BCUT2D eigenvalue weighted by Crippen LogP contribution is -2.20. The highest BCUT2D eigenvalue weighted by Crippen LogP contribution is 2.33. The summed E-state index contributed by atoms with van der Waals surface area (Å²) in [5, 5.41) is 8.92. The number of nitrogens with zero attached hydrogens (tertiary/aromatic N) is 2. The largest absolute Gasteiger partial charge is 0.373 e. The van der Waals surface area contributed by atoms with E-state index < -0.39 is 5.82 Å². The number of nitriles is 1. The Labute approximate surface area is 95.3 Å². The van der Waals surface area contributed by atoms with Gasteiger partial charge in [-0.1, -0.05) is 18.9 Å². The lowest BCUT2D eigenvalue weighted by Gasteiger charge is -2.20. The monoisotopic (exact) mass is 218 g/mol. The van der Waals surface area contributed by atoms with Crippen LogP contribution in [0.5, 0.6) is 0 Å². The number of benzene rings is 1. The lowest BCUT2D eigenvalue weighted by molar-refractivity contribution is 0.622. The van der Waals surface area contributed by atoms with Crippen molar-refractivity contribution in [2.75, 3.05) is 18.5 Å². The molecule has 1 fully saturated rings. The average Bonchev–Trinajstić information content (AvgIpc) is 3.09. The molecule has 84 valence electrons. The molecule has 0 spiro atoms. The van der Waals surface area contributed by atoms with Crippen molar-refractivity contribution in [3.63, 3.8) is 0 Å². The van der Waals surface area contributed by atoms with Gasteiger partial charge in [-0.2, -0.15) is 5.26 Å². The maximum Gasteiger partial charge on any atom is 0.143 e. The maximum absolute atomic E-state index is 13.4. The molecular formula is C13H15FN2. The zero-order chi connectivity index (χ0) is 11.5. The third-order valence-electron chi connectivity index (χ3n) is 3.08. The molecule has 0 amide bonds. The van der Waals surface area contributed by atoms with Crippen LogP contribution in [-0.4, -0.2) is 13.6 Å². The van der Waals surface area contributed by atoms with Crippen LogP contribution in [0.4, 0.5) is 10.1 Å². The van der Waals surface area contributed by atoms with Crippen LogP contribution < -0.4 is 4.90 Å². The Balaban J connectivity index is 2.11. The van der Waals surface area contributed by atoms with Crippen LogP contribution in [0, 0.1) is 23.1 Å². The van der Waals surface area contributed by atoms with Gasteiger partial charge in [0, 0.05) is 13.6 Å². The van der Waals surface area contributed by atoms with Crippen LogP contribution in [0.3, 0.4) is 0 Å². The summed E-state index contributed by atoms with van der Waals surface area (Å²) in [5.74, 6) is 0.416. The van der Waals surface area contributed by atoms with E-state index in [1.54, 1.807) is 12.1 Å². The van der Waals surface area contributed by atoms with E-state index in [0.717, 1.165) is 18.9 Å². The fourth-order valence-electron chi connectivity index (χ4n) is 1.84. The van der Waals surface area contributed by atoms with E-state index in [1.807, 2.05) is 18.0 Å². The van der Waals surface area contributed by atoms with Gasteiger partial charge in [0.25, 0.3) is 0 Å². The van der Waals surface area contributed by atoms with Gasteiger partial charge in [-0.15, -0.1) is 0 Å². The summed E-state index contributed by atoms with van der Waals surface area (Å²) >= 11 is 0. The highest BCUT2D eigenvalue weighted by Gasteiger charge is 2.21. The molecule has 0 saturated heterocycles. The molecule has 1 aromatic carbocycles. The first-order valence-corrected chi connectivity index (χ1v) is 5.62. The summed E-state index contributed by atoms with van der Waals surface area (Å²) in [6, 6.07) is 6.71. The fourth-order valence-corrected chi connectivity index (χ4v) is 1.84. The van der Waals surface area contributed by atoms with Crippen LogP contribution in [0.1, 0.15) is 24.8 Å². The van der Waals surface area contributed by atoms with Gasteiger partial charge in [0.1, 0.15) is 17.4 Å².